The molecule has 0 aliphatic carbocycles. The maximum Gasteiger partial charge on any atom is 0.181 e. The average molecular weight is 469 g/mol. The number of aliphatic hydroxyl groups excluding tert-OH is 1. The minimum absolute atomic E-state index is 0.00915. The molecule has 2 heterocycles. The van der Waals surface area contributed by atoms with Gasteiger partial charge in [-0.25, -0.2) is 9.67 Å². The zero-order valence-corrected chi connectivity index (χ0v) is 20.3. The van der Waals surface area contributed by atoms with E-state index in [4.69, 9.17) is 14.8 Å². The molecule has 1 fully saturated rings. The van der Waals surface area contributed by atoms with E-state index in [1.54, 1.807) is 0 Å². The summed E-state index contributed by atoms with van der Waals surface area (Å²) in [6, 6.07) is 26.6. The van der Waals surface area contributed by atoms with Gasteiger partial charge in [0.2, 0.25) is 0 Å². The van der Waals surface area contributed by atoms with E-state index >= 15 is 0 Å². The number of ether oxygens (including phenoxy) is 1. The Morgan fingerprint density at radius 2 is 1.63 bits per heavy atom. The van der Waals surface area contributed by atoms with Gasteiger partial charge in [-0.05, 0) is 68.7 Å². The van der Waals surface area contributed by atoms with E-state index in [-0.39, 0.29) is 12.1 Å². The van der Waals surface area contributed by atoms with Gasteiger partial charge in [-0.2, -0.15) is 5.10 Å². The number of aliphatic hydroxyl groups is 1. The van der Waals surface area contributed by atoms with Crippen LogP contribution in [0.25, 0.3) is 22.8 Å². The molecule has 0 radical (unpaired) electrons. The van der Waals surface area contributed by atoms with E-state index in [9.17, 15) is 5.11 Å². The molecule has 1 aliphatic rings. The highest BCUT2D eigenvalue weighted by molar-refractivity contribution is 5.66. The molecular weight excluding hydrogens is 436 g/mol. The second-order valence-corrected chi connectivity index (χ2v) is 9.26. The number of hydrogen-bond acceptors (Lipinski definition) is 5. The molecule has 35 heavy (non-hydrogen) atoms. The normalized spacial score (nSPS) is 15.2. The van der Waals surface area contributed by atoms with E-state index in [0.717, 1.165) is 54.2 Å². The molecule has 1 atom stereocenters. The predicted octanol–water partition coefficient (Wildman–Crippen LogP) is 5.52. The first-order chi connectivity index (χ1) is 17.1. The van der Waals surface area contributed by atoms with Crippen LogP contribution in [0.5, 0.6) is 5.75 Å². The van der Waals surface area contributed by atoms with Crippen molar-refractivity contribution in [2.75, 3.05) is 24.6 Å². The Morgan fingerprint density at radius 3 is 2.34 bits per heavy atom. The largest absolute Gasteiger partial charge is 0.491 e. The third kappa shape index (κ3) is 5.23. The standard InChI is InChI=1S/C29H32N4O2/c1-21-8-6-7-11-27(21)29-30-28(31-33(29)22(2)20-35-26-9-4-3-5-10-26)23-12-14-24(15-13-23)32-18-16-25(34)17-19-32/h3-15,22,25,34H,16-20H2,1-2H3. The molecule has 1 aromatic heterocycles. The molecule has 180 valence electrons. The Hall–Kier alpha value is -3.64. The van der Waals surface area contributed by atoms with E-state index in [1.165, 1.54) is 5.69 Å². The molecule has 1 saturated heterocycles. The summed E-state index contributed by atoms with van der Waals surface area (Å²) >= 11 is 0. The monoisotopic (exact) mass is 468 g/mol. The fraction of sp³-hybridized carbons (Fsp3) is 0.310. The summed E-state index contributed by atoms with van der Waals surface area (Å²) in [6.45, 7) is 6.46. The van der Waals surface area contributed by atoms with Crippen molar-refractivity contribution in [3.05, 3.63) is 84.4 Å². The maximum absolute atomic E-state index is 9.80. The number of anilines is 1. The summed E-state index contributed by atoms with van der Waals surface area (Å²) in [5, 5.41) is 14.7. The molecule has 0 saturated carbocycles. The quantitative estimate of drug-likeness (QED) is 0.387. The van der Waals surface area contributed by atoms with Gasteiger partial charge in [0, 0.05) is 29.9 Å². The second-order valence-electron chi connectivity index (χ2n) is 9.26. The first-order valence-electron chi connectivity index (χ1n) is 12.3. The Labute approximate surface area is 206 Å². The lowest BCUT2D eigenvalue weighted by molar-refractivity contribution is 0.145. The zero-order chi connectivity index (χ0) is 24.2. The number of piperidine rings is 1. The molecule has 6 heteroatoms. The highest BCUT2D eigenvalue weighted by atomic mass is 16.5. The Bertz CT molecular complexity index is 1250. The number of aryl methyl sites for hydroxylation is 1. The molecule has 6 nitrogen and oxygen atoms in total. The number of rotatable bonds is 7. The van der Waals surface area contributed by atoms with Crippen LogP contribution in [-0.4, -0.2) is 45.7 Å². The number of benzene rings is 3. The van der Waals surface area contributed by atoms with Crippen LogP contribution in [0.15, 0.2) is 78.9 Å². The van der Waals surface area contributed by atoms with Crippen LogP contribution in [-0.2, 0) is 0 Å². The van der Waals surface area contributed by atoms with Crippen LogP contribution in [0.3, 0.4) is 0 Å². The Kier molecular flexibility index (Phi) is 6.82. The van der Waals surface area contributed by atoms with Crippen molar-refractivity contribution in [2.24, 2.45) is 0 Å². The first-order valence-corrected chi connectivity index (χ1v) is 12.3. The van der Waals surface area contributed by atoms with Crippen LogP contribution in [0.4, 0.5) is 5.69 Å². The molecule has 1 aliphatic heterocycles. The van der Waals surface area contributed by atoms with Crippen molar-refractivity contribution in [3.8, 4) is 28.5 Å². The highest BCUT2D eigenvalue weighted by Crippen LogP contribution is 2.29. The van der Waals surface area contributed by atoms with Crippen LogP contribution in [0.2, 0.25) is 0 Å². The molecular formula is C29H32N4O2. The van der Waals surface area contributed by atoms with Crippen molar-refractivity contribution in [1.29, 1.82) is 0 Å². The molecule has 3 aromatic carbocycles. The van der Waals surface area contributed by atoms with E-state index in [0.29, 0.717) is 12.4 Å². The SMILES string of the molecule is Cc1ccccc1-c1nc(-c2ccc(N3CCC(O)CC3)cc2)nn1C(C)COc1ccccc1. The molecule has 4 aromatic rings. The van der Waals surface area contributed by atoms with Gasteiger partial charge in [-0.15, -0.1) is 0 Å². The second kappa shape index (κ2) is 10.3. The number of nitrogens with zero attached hydrogens (tertiary/aromatic N) is 4. The molecule has 0 spiro atoms. The van der Waals surface area contributed by atoms with Gasteiger partial charge >= 0.3 is 0 Å². The smallest absolute Gasteiger partial charge is 0.181 e. The van der Waals surface area contributed by atoms with Gasteiger partial charge in [0.05, 0.1) is 12.1 Å². The predicted molar refractivity (Wildman–Crippen MR) is 140 cm³/mol. The van der Waals surface area contributed by atoms with Gasteiger partial charge in [0.15, 0.2) is 11.6 Å². The number of hydrogen-bond donors (Lipinski definition) is 1. The number of para-hydroxylation sites is 1. The van der Waals surface area contributed by atoms with Crippen LogP contribution < -0.4 is 9.64 Å². The maximum atomic E-state index is 9.80. The van der Waals surface area contributed by atoms with Gasteiger partial charge in [-0.1, -0.05) is 42.5 Å². The first kappa shape index (κ1) is 23.1. The van der Waals surface area contributed by atoms with Gasteiger partial charge in [0.25, 0.3) is 0 Å². The minimum atomic E-state index is -0.175. The Morgan fingerprint density at radius 1 is 0.943 bits per heavy atom. The van der Waals surface area contributed by atoms with Crippen molar-refractivity contribution in [3.63, 3.8) is 0 Å². The topological polar surface area (TPSA) is 63.4 Å². The van der Waals surface area contributed by atoms with Crippen LogP contribution >= 0.6 is 0 Å². The van der Waals surface area contributed by atoms with Crippen molar-refractivity contribution in [1.82, 2.24) is 14.8 Å². The third-order valence-corrected chi connectivity index (χ3v) is 6.62. The fourth-order valence-corrected chi connectivity index (χ4v) is 4.51. The summed E-state index contributed by atoms with van der Waals surface area (Å²) < 4.78 is 8.02. The third-order valence-electron chi connectivity index (χ3n) is 6.62. The summed E-state index contributed by atoms with van der Waals surface area (Å²) in [4.78, 5) is 7.31. The van der Waals surface area contributed by atoms with Gasteiger partial charge < -0.3 is 14.7 Å². The zero-order valence-electron chi connectivity index (χ0n) is 20.3. The van der Waals surface area contributed by atoms with Crippen LogP contribution in [0.1, 0.15) is 31.4 Å². The van der Waals surface area contributed by atoms with Crippen molar-refractivity contribution in [2.45, 2.75) is 38.8 Å². The fourth-order valence-electron chi connectivity index (χ4n) is 4.51. The molecule has 0 amide bonds. The molecule has 1 N–H and O–H groups in total. The molecule has 1 unspecified atom stereocenters. The lowest BCUT2D eigenvalue weighted by Crippen LogP contribution is -2.35. The van der Waals surface area contributed by atoms with Gasteiger partial charge in [0.1, 0.15) is 12.4 Å². The van der Waals surface area contributed by atoms with Crippen LogP contribution in [0, 0.1) is 6.92 Å². The molecule has 0 bridgehead atoms. The van der Waals surface area contributed by atoms with E-state index in [2.05, 4.69) is 55.1 Å². The minimum Gasteiger partial charge on any atom is -0.491 e. The van der Waals surface area contributed by atoms with E-state index < -0.39 is 0 Å². The van der Waals surface area contributed by atoms with Crippen molar-refractivity contribution >= 4 is 5.69 Å². The molecule has 5 rings (SSSR count). The summed E-state index contributed by atoms with van der Waals surface area (Å²) in [6.07, 6.45) is 1.46. The lowest BCUT2D eigenvalue weighted by Gasteiger charge is -2.31. The van der Waals surface area contributed by atoms with Gasteiger partial charge in [-0.3, -0.25) is 0 Å². The average Bonchev–Trinajstić information content (AvgIpc) is 3.34. The lowest BCUT2D eigenvalue weighted by atomic mass is 10.1. The summed E-state index contributed by atoms with van der Waals surface area (Å²) in [7, 11) is 0. The summed E-state index contributed by atoms with van der Waals surface area (Å²) in [5.41, 5.74) is 4.38. The summed E-state index contributed by atoms with van der Waals surface area (Å²) in [5.74, 6) is 2.39. The van der Waals surface area contributed by atoms with Crippen molar-refractivity contribution < 1.29 is 9.84 Å². The Balaban J connectivity index is 1.43. The van der Waals surface area contributed by atoms with E-state index in [1.807, 2.05) is 47.1 Å². The number of aromatic nitrogens is 3. The highest BCUT2D eigenvalue weighted by Gasteiger charge is 2.21.